The van der Waals surface area contributed by atoms with Crippen LogP contribution in [0.15, 0.2) is 0 Å². The minimum absolute atomic E-state index is 0.363. The third-order valence-electron chi connectivity index (χ3n) is 2.51. The number of hydrogen-bond donors (Lipinski definition) is 0. The Morgan fingerprint density at radius 3 is 1.27 bits per heavy atom. The van der Waals surface area contributed by atoms with E-state index in [-0.39, 0.29) is 10.8 Å². The highest BCUT2D eigenvalue weighted by Gasteiger charge is 2.56. The van der Waals surface area contributed by atoms with E-state index in [1.54, 1.807) is 0 Å². The molecular weight excluding hydrogens is 202 g/mol. The molecule has 1 fully saturated rings. The summed E-state index contributed by atoms with van der Waals surface area (Å²) in [5.41, 5.74) is -0.726. The summed E-state index contributed by atoms with van der Waals surface area (Å²) in [6.45, 7) is 11.3. The fourth-order valence-electron chi connectivity index (χ4n) is 1.71. The number of alkyl halides is 2. The second kappa shape index (κ2) is 3.39. The number of ether oxygens (including phenoxy) is 2. The molecule has 1 aliphatic heterocycles. The molecule has 1 rings (SSSR count). The zero-order chi connectivity index (χ0) is 12.1. The van der Waals surface area contributed by atoms with Gasteiger partial charge in [0.05, 0.1) is 12.2 Å². The van der Waals surface area contributed by atoms with Crippen molar-refractivity contribution in [2.24, 2.45) is 10.8 Å². The van der Waals surface area contributed by atoms with Gasteiger partial charge in [-0.3, -0.25) is 9.47 Å². The molecule has 0 radical (unpaired) electrons. The molecule has 1 aliphatic rings. The van der Waals surface area contributed by atoms with Crippen LogP contribution in [-0.4, -0.2) is 18.5 Å². The van der Waals surface area contributed by atoms with Crippen molar-refractivity contribution >= 4 is 0 Å². The molecule has 0 aromatic rings. The number of halogens is 2. The lowest BCUT2D eigenvalue weighted by Gasteiger charge is -2.35. The Morgan fingerprint density at radius 1 is 0.800 bits per heavy atom. The summed E-state index contributed by atoms with van der Waals surface area (Å²) in [5, 5.41) is 0. The van der Waals surface area contributed by atoms with Crippen LogP contribution in [0, 0.1) is 10.8 Å². The molecule has 0 amide bonds. The average Bonchev–Trinajstić information content (AvgIpc) is 2.23. The molecule has 1 saturated heterocycles. The minimum atomic E-state index is -3.45. The summed E-state index contributed by atoms with van der Waals surface area (Å²) < 4.78 is 35.5. The van der Waals surface area contributed by atoms with Crippen LogP contribution < -0.4 is 0 Å². The van der Waals surface area contributed by atoms with Crippen molar-refractivity contribution < 1.29 is 18.3 Å². The molecule has 2 atom stereocenters. The summed E-state index contributed by atoms with van der Waals surface area (Å²) in [4.78, 5) is 0. The van der Waals surface area contributed by atoms with E-state index in [2.05, 4.69) is 0 Å². The van der Waals surface area contributed by atoms with Crippen LogP contribution >= 0.6 is 0 Å². The quantitative estimate of drug-likeness (QED) is 0.625. The van der Waals surface area contributed by atoms with Crippen molar-refractivity contribution in [1.29, 1.82) is 0 Å². The Morgan fingerprint density at radius 2 is 1.07 bits per heavy atom. The van der Waals surface area contributed by atoms with Gasteiger partial charge < -0.3 is 0 Å². The van der Waals surface area contributed by atoms with Crippen LogP contribution in [0.4, 0.5) is 8.78 Å². The lowest BCUT2D eigenvalue weighted by atomic mass is 9.76. The normalized spacial score (nSPS) is 32.0. The van der Waals surface area contributed by atoms with Gasteiger partial charge in [0.15, 0.2) is 0 Å². The maximum Gasteiger partial charge on any atom is 0.486 e. The number of hydrogen-bond acceptors (Lipinski definition) is 2. The Bertz CT molecular complexity index is 214. The van der Waals surface area contributed by atoms with Gasteiger partial charge >= 0.3 is 6.29 Å². The van der Waals surface area contributed by atoms with Crippen molar-refractivity contribution in [3.63, 3.8) is 0 Å². The van der Waals surface area contributed by atoms with E-state index >= 15 is 0 Å². The molecule has 0 saturated carbocycles. The Kier molecular flexibility index (Phi) is 2.90. The highest BCUT2D eigenvalue weighted by molar-refractivity contribution is 4.92. The molecule has 0 N–H and O–H groups in total. The Labute approximate surface area is 89.9 Å². The molecule has 0 aliphatic carbocycles. The number of rotatable bonds is 0. The van der Waals surface area contributed by atoms with Crippen molar-refractivity contribution in [3.05, 3.63) is 0 Å². The van der Waals surface area contributed by atoms with Crippen molar-refractivity contribution in [2.45, 2.75) is 60.0 Å². The maximum absolute atomic E-state index is 13.1. The van der Waals surface area contributed by atoms with Gasteiger partial charge in [-0.1, -0.05) is 41.5 Å². The van der Waals surface area contributed by atoms with Gasteiger partial charge in [-0.2, -0.15) is 0 Å². The molecule has 2 unspecified atom stereocenters. The smallest absolute Gasteiger partial charge is 0.289 e. The van der Waals surface area contributed by atoms with Crippen LogP contribution in [0.2, 0.25) is 0 Å². The highest BCUT2D eigenvalue weighted by Crippen LogP contribution is 2.45. The topological polar surface area (TPSA) is 18.5 Å². The fraction of sp³-hybridized carbons (Fsp3) is 1.00. The van der Waals surface area contributed by atoms with E-state index in [1.165, 1.54) is 0 Å². The van der Waals surface area contributed by atoms with Crippen LogP contribution in [0.25, 0.3) is 0 Å². The zero-order valence-corrected chi connectivity index (χ0v) is 10.2. The summed E-state index contributed by atoms with van der Waals surface area (Å²) in [6.07, 6.45) is -4.63. The van der Waals surface area contributed by atoms with Crippen LogP contribution in [0.5, 0.6) is 0 Å². The first-order chi connectivity index (χ1) is 6.43. The van der Waals surface area contributed by atoms with E-state index in [1.807, 2.05) is 41.5 Å². The first kappa shape index (κ1) is 12.8. The lowest BCUT2D eigenvalue weighted by molar-refractivity contribution is -0.357. The standard InChI is InChI=1S/C11H20F2O2/c1-9(2,3)7-8(10(4,5)6)15-11(12,13)14-7/h7-8H,1-6H3. The predicted molar refractivity (Wildman–Crippen MR) is 53.6 cm³/mol. The van der Waals surface area contributed by atoms with E-state index in [4.69, 9.17) is 9.47 Å². The van der Waals surface area contributed by atoms with E-state index in [9.17, 15) is 8.78 Å². The molecular formula is C11H20F2O2. The second-order valence-electron chi connectivity index (χ2n) is 6.27. The molecule has 2 nitrogen and oxygen atoms in total. The van der Waals surface area contributed by atoms with E-state index in [0.29, 0.717) is 0 Å². The Balaban J connectivity index is 2.95. The predicted octanol–water partition coefficient (Wildman–Crippen LogP) is 3.41. The molecule has 15 heavy (non-hydrogen) atoms. The zero-order valence-electron chi connectivity index (χ0n) is 10.2. The van der Waals surface area contributed by atoms with Gasteiger partial charge in [0.2, 0.25) is 0 Å². The van der Waals surface area contributed by atoms with Gasteiger partial charge in [0.25, 0.3) is 0 Å². The summed E-state index contributed by atoms with van der Waals surface area (Å²) in [6, 6.07) is 0. The first-order valence-corrected chi connectivity index (χ1v) is 5.17. The summed E-state index contributed by atoms with van der Waals surface area (Å²) in [7, 11) is 0. The molecule has 0 bridgehead atoms. The fourth-order valence-corrected chi connectivity index (χ4v) is 1.71. The van der Waals surface area contributed by atoms with E-state index in [0.717, 1.165) is 0 Å². The van der Waals surface area contributed by atoms with Gasteiger partial charge in [-0.05, 0) is 10.8 Å². The monoisotopic (exact) mass is 222 g/mol. The third-order valence-corrected chi connectivity index (χ3v) is 2.51. The van der Waals surface area contributed by atoms with Crippen LogP contribution in [-0.2, 0) is 9.47 Å². The average molecular weight is 222 g/mol. The summed E-state index contributed by atoms with van der Waals surface area (Å²) in [5.74, 6) is 0. The molecule has 4 heteroatoms. The van der Waals surface area contributed by atoms with Crippen LogP contribution in [0.3, 0.4) is 0 Å². The van der Waals surface area contributed by atoms with Crippen molar-refractivity contribution in [3.8, 4) is 0 Å². The minimum Gasteiger partial charge on any atom is -0.289 e. The molecule has 1 heterocycles. The molecule has 0 aromatic carbocycles. The molecule has 0 spiro atoms. The maximum atomic E-state index is 13.1. The molecule has 0 aromatic heterocycles. The van der Waals surface area contributed by atoms with E-state index < -0.39 is 18.5 Å². The van der Waals surface area contributed by atoms with Crippen molar-refractivity contribution in [2.75, 3.05) is 0 Å². The van der Waals surface area contributed by atoms with Crippen molar-refractivity contribution in [1.82, 2.24) is 0 Å². The largest absolute Gasteiger partial charge is 0.486 e. The second-order valence-corrected chi connectivity index (χ2v) is 6.27. The first-order valence-electron chi connectivity index (χ1n) is 5.17. The van der Waals surface area contributed by atoms with Gasteiger partial charge in [0.1, 0.15) is 0 Å². The van der Waals surface area contributed by atoms with Gasteiger partial charge in [0, 0.05) is 0 Å². The SMILES string of the molecule is CC(C)(C)C1OC(F)(F)OC1C(C)(C)C. The van der Waals surface area contributed by atoms with Gasteiger partial charge in [-0.15, -0.1) is 8.78 Å². The Hall–Kier alpha value is -0.220. The van der Waals surface area contributed by atoms with Crippen LogP contribution in [0.1, 0.15) is 41.5 Å². The summed E-state index contributed by atoms with van der Waals surface area (Å²) >= 11 is 0. The third kappa shape index (κ3) is 2.88. The lowest BCUT2D eigenvalue weighted by Crippen LogP contribution is -2.42. The van der Waals surface area contributed by atoms with Gasteiger partial charge in [-0.25, -0.2) is 0 Å². The highest BCUT2D eigenvalue weighted by atomic mass is 19.3. The molecule has 90 valence electrons.